The zero-order valence-corrected chi connectivity index (χ0v) is 14.3. The van der Waals surface area contributed by atoms with Gasteiger partial charge in [-0.2, -0.15) is 4.31 Å². The molecule has 3 rings (SSSR count). The third-order valence-corrected chi connectivity index (χ3v) is 6.35. The van der Waals surface area contributed by atoms with E-state index in [0.29, 0.717) is 32.0 Å². The highest BCUT2D eigenvalue weighted by Crippen LogP contribution is 2.23. The molecule has 1 aromatic heterocycles. The number of carbonyl (C=O) groups excluding carboxylic acids is 1. The Balaban J connectivity index is 1.78. The van der Waals surface area contributed by atoms with Crippen molar-refractivity contribution >= 4 is 15.9 Å². The summed E-state index contributed by atoms with van der Waals surface area (Å²) in [5, 5.41) is 3.13. The lowest BCUT2D eigenvalue weighted by Gasteiger charge is -2.40. The van der Waals surface area contributed by atoms with Gasteiger partial charge in [0.25, 0.3) is 10.0 Å². The Hall–Kier alpha value is -1.45. The summed E-state index contributed by atoms with van der Waals surface area (Å²) in [6, 6.07) is -0.0436. The largest absolute Gasteiger partial charge is 0.337 e. The van der Waals surface area contributed by atoms with Gasteiger partial charge in [0.05, 0.1) is 6.54 Å². The van der Waals surface area contributed by atoms with Crippen molar-refractivity contribution in [2.45, 2.75) is 30.8 Å². The number of hydrogen-bond acceptors (Lipinski definition) is 5. The van der Waals surface area contributed by atoms with Gasteiger partial charge in [0.1, 0.15) is 5.82 Å². The van der Waals surface area contributed by atoms with Gasteiger partial charge in [-0.15, -0.1) is 0 Å². The molecular weight excluding hydrogens is 318 g/mol. The molecule has 0 aromatic carbocycles. The summed E-state index contributed by atoms with van der Waals surface area (Å²) in [5.74, 6) is 0.712. The molecule has 23 heavy (non-hydrogen) atoms. The number of carbonyl (C=O) groups is 1. The molecule has 9 heteroatoms. The molecule has 2 aliphatic rings. The maximum atomic E-state index is 12.8. The summed E-state index contributed by atoms with van der Waals surface area (Å²) < 4.78 is 28.8. The molecule has 2 aliphatic heterocycles. The predicted molar refractivity (Wildman–Crippen MR) is 84.3 cm³/mol. The van der Waals surface area contributed by atoms with Crippen molar-refractivity contribution in [2.75, 3.05) is 32.7 Å². The van der Waals surface area contributed by atoms with Crippen LogP contribution in [0.5, 0.6) is 0 Å². The fraction of sp³-hybridized carbons (Fsp3) is 0.714. The number of nitrogens with one attached hydrogen (secondary N) is 1. The van der Waals surface area contributed by atoms with Gasteiger partial charge in [0, 0.05) is 45.5 Å². The van der Waals surface area contributed by atoms with Crippen LogP contribution in [-0.2, 0) is 21.9 Å². The van der Waals surface area contributed by atoms with Crippen molar-refractivity contribution in [3.63, 3.8) is 0 Å². The number of nitrogens with zero attached hydrogens (tertiary/aromatic N) is 4. The van der Waals surface area contributed by atoms with Crippen molar-refractivity contribution in [2.24, 2.45) is 7.05 Å². The number of sulfonamides is 1. The van der Waals surface area contributed by atoms with Gasteiger partial charge in [-0.05, 0) is 19.8 Å². The molecule has 0 aliphatic carbocycles. The van der Waals surface area contributed by atoms with Crippen LogP contribution in [0, 0.1) is 6.92 Å². The van der Waals surface area contributed by atoms with Crippen LogP contribution in [0.2, 0.25) is 0 Å². The van der Waals surface area contributed by atoms with E-state index in [9.17, 15) is 13.2 Å². The quantitative estimate of drug-likeness (QED) is 0.787. The van der Waals surface area contributed by atoms with E-state index < -0.39 is 10.0 Å². The normalized spacial score (nSPS) is 24.2. The molecule has 2 fully saturated rings. The third-order valence-electron chi connectivity index (χ3n) is 4.62. The number of aryl methyl sites for hydroxylation is 2. The van der Waals surface area contributed by atoms with Crippen LogP contribution in [0.15, 0.2) is 11.2 Å². The van der Waals surface area contributed by atoms with Gasteiger partial charge in [-0.25, -0.2) is 13.4 Å². The smallest absolute Gasteiger partial charge is 0.262 e. The number of aromatic nitrogens is 2. The zero-order valence-electron chi connectivity index (χ0n) is 13.5. The molecule has 0 bridgehead atoms. The molecule has 2 saturated heterocycles. The van der Waals surface area contributed by atoms with E-state index >= 15 is 0 Å². The minimum absolute atomic E-state index is 0.0436. The molecule has 0 radical (unpaired) electrons. The van der Waals surface area contributed by atoms with Crippen LogP contribution in [0.1, 0.15) is 18.7 Å². The van der Waals surface area contributed by atoms with Gasteiger partial charge in [-0.3, -0.25) is 4.79 Å². The fourth-order valence-electron chi connectivity index (χ4n) is 3.18. The number of hydrogen-bond donors (Lipinski definition) is 1. The Kier molecular flexibility index (Phi) is 4.43. The minimum atomic E-state index is -3.60. The summed E-state index contributed by atoms with van der Waals surface area (Å²) >= 11 is 0. The first kappa shape index (κ1) is 16.4. The third kappa shape index (κ3) is 3.13. The maximum Gasteiger partial charge on any atom is 0.262 e. The molecule has 1 N–H and O–H groups in total. The van der Waals surface area contributed by atoms with Crippen LogP contribution in [-0.4, -0.2) is 71.8 Å². The van der Waals surface area contributed by atoms with Gasteiger partial charge >= 0.3 is 0 Å². The van der Waals surface area contributed by atoms with Crippen molar-refractivity contribution in [1.82, 2.24) is 24.1 Å². The number of rotatable bonds is 3. The van der Waals surface area contributed by atoms with Crippen LogP contribution in [0.4, 0.5) is 0 Å². The second kappa shape index (κ2) is 6.21. The summed E-state index contributed by atoms with van der Waals surface area (Å²) in [7, 11) is -1.83. The van der Waals surface area contributed by atoms with Crippen LogP contribution in [0.25, 0.3) is 0 Å². The fourth-order valence-corrected chi connectivity index (χ4v) is 4.72. The zero-order chi connectivity index (χ0) is 16.6. The molecule has 1 aromatic rings. The van der Waals surface area contributed by atoms with Crippen molar-refractivity contribution in [3.8, 4) is 0 Å². The summed E-state index contributed by atoms with van der Waals surface area (Å²) in [5.41, 5.74) is 0. The first-order chi connectivity index (χ1) is 10.9. The van der Waals surface area contributed by atoms with E-state index in [1.807, 2.05) is 4.90 Å². The number of imidazole rings is 1. The highest BCUT2D eigenvalue weighted by molar-refractivity contribution is 7.89. The Bertz CT molecular complexity index is 680. The highest BCUT2D eigenvalue weighted by Gasteiger charge is 2.36. The summed E-state index contributed by atoms with van der Waals surface area (Å²) in [6.07, 6.45) is 3.15. The van der Waals surface area contributed by atoms with E-state index in [-0.39, 0.29) is 17.0 Å². The first-order valence-corrected chi connectivity index (χ1v) is 9.34. The van der Waals surface area contributed by atoms with Crippen LogP contribution in [0.3, 0.4) is 0 Å². The lowest BCUT2D eigenvalue weighted by atomic mass is 10.1. The molecule has 0 spiro atoms. The minimum Gasteiger partial charge on any atom is -0.337 e. The average Bonchev–Trinajstić information content (AvgIpc) is 2.88. The van der Waals surface area contributed by atoms with Crippen molar-refractivity contribution < 1.29 is 13.2 Å². The molecule has 1 amide bonds. The lowest BCUT2D eigenvalue weighted by Crippen LogP contribution is -2.57. The molecule has 0 saturated carbocycles. The highest BCUT2D eigenvalue weighted by atomic mass is 32.2. The Morgan fingerprint density at radius 3 is 2.78 bits per heavy atom. The molecule has 1 atom stereocenters. The maximum absolute atomic E-state index is 12.8. The standard InChI is InChI=1S/C14H23N5O3S/c1-11-16-13(10-17(11)2)23(21,22)18-6-3-4-12(9-18)19-7-5-15-8-14(19)20/h10,12,15H,3-9H2,1-2H3. The Morgan fingerprint density at radius 1 is 1.35 bits per heavy atom. The van der Waals surface area contributed by atoms with E-state index in [4.69, 9.17) is 0 Å². The van der Waals surface area contributed by atoms with Gasteiger partial charge in [0.2, 0.25) is 5.91 Å². The second-order valence-electron chi connectivity index (χ2n) is 6.16. The van der Waals surface area contributed by atoms with Crippen LogP contribution < -0.4 is 5.32 Å². The monoisotopic (exact) mass is 341 g/mol. The lowest BCUT2D eigenvalue weighted by molar-refractivity contribution is -0.135. The molecule has 1 unspecified atom stereocenters. The van der Waals surface area contributed by atoms with Gasteiger partial charge < -0.3 is 14.8 Å². The Morgan fingerprint density at radius 2 is 2.13 bits per heavy atom. The van der Waals surface area contributed by atoms with E-state index in [0.717, 1.165) is 19.4 Å². The second-order valence-corrected chi connectivity index (χ2v) is 8.05. The SMILES string of the molecule is Cc1nc(S(=O)(=O)N2CCCC(N3CCNCC3=O)C2)cn1C. The van der Waals surface area contributed by atoms with Gasteiger partial charge in [-0.1, -0.05) is 0 Å². The topological polar surface area (TPSA) is 87.5 Å². The number of piperazine rings is 1. The van der Waals surface area contributed by atoms with E-state index in [2.05, 4.69) is 10.3 Å². The first-order valence-electron chi connectivity index (χ1n) is 7.90. The molecular formula is C14H23N5O3S. The van der Waals surface area contributed by atoms with Gasteiger partial charge in [0.15, 0.2) is 5.03 Å². The van der Waals surface area contributed by atoms with E-state index in [1.165, 1.54) is 4.31 Å². The predicted octanol–water partition coefficient (Wildman–Crippen LogP) is -0.687. The van der Waals surface area contributed by atoms with Crippen molar-refractivity contribution in [1.29, 1.82) is 0 Å². The Labute approximate surface area is 136 Å². The number of amides is 1. The molecule has 128 valence electrons. The summed E-state index contributed by atoms with van der Waals surface area (Å²) in [4.78, 5) is 18.0. The van der Waals surface area contributed by atoms with E-state index in [1.54, 1.807) is 24.7 Å². The average molecular weight is 341 g/mol. The van der Waals surface area contributed by atoms with Crippen molar-refractivity contribution in [3.05, 3.63) is 12.0 Å². The van der Waals surface area contributed by atoms with Crippen LogP contribution >= 0.6 is 0 Å². The molecule has 8 nitrogen and oxygen atoms in total. The summed E-state index contributed by atoms with van der Waals surface area (Å²) in [6.45, 7) is 4.34. The number of piperidine rings is 1. The molecule has 3 heterocycles.